The maximum Gasteiger partial charge on any atom is 0.408 e. The highest BCUT2D eigenvalue weighted by atomic mass is 16.7. The Morgan fingerprint density at radius 3 is 2.09 bits per heavy atom. The van der Waals surface area contributed by atoms with Crippen LogP contribution in [0.25, 0.3) is 11.1 Å². The number of hydrogen-bond donors (Lipinski definition) is 3. The number of carbonyl (C=O) groups excluding carboxylic acids is 3. The summed E-state index contributed by atoms with van der Waals surface area (Å²) < 4.78 is 10.1. The number of carbonyl (C=O) groups is 4. The van der Waals surface area contributed by atoms with Crippen LogP contribution < -0.4 is 10.8 Å². The molecule has 0 radical (unpaired) electrons. The molecule has 0 spiro atoms. The molecule has 2 unspecified atom stereocenters. The lowest BCUT2D eigenvalue weighted by Gasteiger charge is -2.19. The molecular weight excluding hydrogens is 432 g/mol. The standard InChI is InChI=1S/C23H24N2O8/c1-3-31-22(29)19(20(26)25-33-13(2)21(27)28)24-23(30)32-12-18-16-10-6-4-8-14(16)15-9-5-7-11-17(15)18/h4-11,13,18-19H,3,12H2,1-2H3,(H,24,30)(H,25,26)(H,27,28). The average molecular weight is 456 g/mol. The van der Waals surface area contributed by atoms with Gasteiger partial charge in [0, 0.05) is 5.92 Å². The summed E-state index contributed by atoms with van der Waals surface area (Å²) in [4.78, 5) is 52.4. The van der Waals surface area contributed by atoms with Gasteiger partial charge in [-0.05, 0) is 36.1 Å². The molecule has 1 aliphatic carbocycles. The van der Waals surface area contributed by atoms with Crippen LogP contribution in [0.1, 0.15) is 30.9 Å². The summed E-state index contributed by atoms with van der Waals surface area (Å²) in [6, 6.07) is 13.8. The fourth-order valence-corrected chi connectivity index (χ4v) is 3.47. The number of alkyl carbamates (subject to hydrolysis) is 1. The number of esters is 1. The minimum Gasteiger partial charge on any atom is -0.479 e. The van der Waals surface area contributed by atoms with Gasteiger partial charge in [0.05, 0.1) is 6.61 Å². The highest BCUT2D eigenvalue weighted by Gasteiger charge is 2.33. The molecule has 10 nitrogen and oxygen atoms in total. The Kier molecular flexibility index (Phi) is 7.62. The zero-order valence-corrected chi connectivity index (χ0v) is 18.1. The topological polar surface area (TPSA) is 140 Å². The van der Waals surface area contributed by atoms with Crippen LogP contribution in [0.15, 0.2) is 48.5 Å². The van der Waals surface area contributed by atoms with Gasteiger partial charge in [0.2, 0.25) is 6.04 Å². The minimum atomic E-state index is -1.79. The van der Waals surface area contributed by atoms with Crippen LogP contribution in [-0.4, -0.2) is 54.4 Å². The van der Waals surface area contributed by atoms with Crippen molar-refractivity contribution in [1.82, 2.24) is 10.8 Å². The SMILES string of the molecule is CCOC(=O)C(NC(=O)OCC1c2ccccc2-c2ccccc21)C(=O)NOC(C)C(=O)O. The van der Waals surface area contributed by atoms with Gasteiger partial charge >= 0.3 is 18.0 Å². The molecule has 0 saturated heterocycles. The number of fused-ring (bicyclic) bond motifs is 3. The van der Waals surface area contributed by atoms with Crippen molar-refractivity contribution in [3.8, 4) is 11.1 Å². The van der Waals surface area contributed by atoms with Gasteiger partial charge in [-0.3, -0.25) is 14.9 Å². The highest BCUT2D eigenvalue weighted by Crippen LogP contribution is 2.44. The van der Waals surface area contributed by atoms with E-state index in [1.807, 2.05) is 54.0 Å². The first-order chi connectivity index (χ1) is 15.8. The lowest BCUT2D eigenvalue weighted by molar-refractivity contribution is -0.162. The largest absolute Gasteiger partial charge is 0.479 e. The lowest BCUT2D eigenvalue weighted by Crippen LogP contribution is -2.53. The molecule has 3 rings (SSSR count). The normalized spacial score (nSPS) is 13.8. The molecule has 2 aromatic rings. The van der Waals surface area contributed by atoms with Gasteiger partial charge in [0.1, 0.15) is 6.61 Å². The zero-order valence-electron chi connectivity index (χ0n) is 18.1. The van der Waals surface area contributed by atoms with Crippen molar-refractivity contribution in [3.05, 3.63) is 59.7 Å². The van der Waals surface area contributed by atoms with Crippen LogP contribution >= 0.6 is 0 Å². The summed E-state index contributed by atoms with van der Waals surface area (Å²) in [7, 11) is 0. The Morgan fingerprint density at radius 1 is 0.970 bits per heavy atom. The predicted molar refractivity (Wildman–Crippen MR) is 115 cm³/mol. The van der Waals surface area contributed by atoms with Crippen molar-refractivity contribution in [2.75, 3.05) is 13.2 Å². The van der Waals surface area contributed by atoms with Crippen LogP contribution in [0.5, 0.6) is 0 Å². The summed E-state index contributed by atoms with van der Waals surface area (Å²) >= 11 is 0. The summed E-state index contributed by atoms with van der Waals surface area (Å²) in [5.74, 6) is -3.68. The second-order valence-electron chi connectivity index (χ2n) is 7.22. The molecule has 0 heterocycles. The summed E-state index contributed by atoms with van der Waals surface area (Å²) in [5, 5.41) is 11.0. The molecule has 0 saturated carbocycles. The van der Waals surface area contributed by atoms with Crippen molar-refractivity contribution in [1.29, 1.82) is 0 Å². The van der Waals surface area contributed by atoms with E-state index < -0.39 is 36.1 Å². The van der Waals surface area contributed by atoms with Gasteiger partial charge in [-0.25, -0.2) is 19.9 Å². The Hall–Kier alpha value is -3.92. The number of carboxylic acids is 1. The highest BCUT2D eigenvalue weighted by molar-refractivity contribution is 6.03. The van der Waals surface area contributed by atoms with Crippen molar-refractivity contribution in [3.63, 3.8) is 0 Å². The zero-order chi connectivity index (χ0) is 24.0. The maximum absolute atomic E-state index is 12.4. The van der Waals surface area contributed by atoms with Crippen LogP contribution in [0.4, 0.5) is 4.79 Å². The quantitative estimate of drug-likeness (QED) is 0.296. The van der Waals surface area contributed by atoms with Crippen LogP contribution in [0.2, 0.25) is 0 Å². The van der Waals surface area contributed by atoms with E-state index in [9.17, 15) is 19.2 Å². The first kappa shape index (κ1) is 23.7. The molecule has 0 aromatic heterocycles. The van der Waals surface area contributed by atoms with E-state index in [0.29, 0.717) is 0 Å². The number of aliphatic carboxylic acids is 1. The van der Waals surface area contributed by atoms with Gasteiger partial charge in [0.25, 0.3) is 5.91 Å². The lowest BCUT2D eigenvalue weighted by atomic mass is 9.98. The fraction of sp³-hybridized carbons (Fsp3) is 0.304. The van der Waals surface area contributed by atoms with Gasteiger partial charge < -0.3 is 14.6 Å². The summed E-state index contributed by atoms with van der Waals surface area (Å²) in [5.41, 5.74) is 5.95. The van der Waals surface area contributed by atoms with Crippen LogP contribution in [0.3, 0.4) is 0 Å². The van der Waals surface area contributed by atoms with Crippen LogP contribution in [0, 0.1) is 0 Å². The van der Waals surface area contributed by atoms with Gasteiger partial charge in [-0.2, -0.15) is 0 Å². The van der Waals surface area contributed by atoms with Gasteiger partial charge in [-0.1, -0.05) is 48.5 Å². The Balaban J connectivity index is 1.66. The summed E-state index contributed by atoms with van der Waals surface area (Å²) in [6.07, 6.45) is -2.39. The number of ether oxygens (including phenoxy) is 2. The van der Waals surface area contributed by atoms with Crippen LogP contribution in [-0.2, 0) is 28.7 Å². The number of rotatable bonds is 9. The molecular formula is C23H24N2O8. The van der Waals surface area contributed by atoms with E-state index in [1.165, 1.54) is 13.8 Å². The van der Waals surface area contributed by atoms with Crippen molar-refractivity contribution < 1.29 is 38.6 Å². The molecule has 174 valence electrons. The number of benzene rings is 2. The van der Waals surface area contributed by atoms with Crippen molar-refractivity contribution in [2.24, 2.45) is 0 Å². The molecule has 2 amide bonds. The third kappa shape index (κ3) is 5.47. The van der Waals surface area contributed by atoms with Crippen molar-refractivity contribution in [2.45, 2.75) is 31.9 Å². The Morgan fingerprint density at radius 2 is 1.55 bits per heavy atom. The Bertz CT molecular complexity index is 1010. The maximum atomic E-state index is 12.4. The first-order valence-electron chi connectivity index (χ1n) is 10.3. The smallest absolute Gasteiger partial charge is 0.408 e. The fourth-order valence-electron chi connectivity index (χ4n) is 3.47. The third-order valence-corrected chi connectivity index (χ3v) is 5.07. The molecule has 33 heavy (non-hydrogen) atoms. The average Bonchev–Trinajstić information content (AvgIpc) is 3.13. The number of nitrogens with one attached hydrogen (secondary N) is 2. The molecule has 10 heteroatoms. The van der Waals surface area contributed by atoms with E-state index in [-0.39, 0.29) is 19.1 Å². The second kappa shape index (κ2) is 10.6. The number of amides is 2. The molecule has 0 aliphatic heterocycles. The molecule has 0 bridgehead atoms. The van der Waals surface area contributed by atoms with Gasteiger partial charge in [0.15, 0.2) is 6.10 Å². The molecule has 0 fully saturated rings. The van der Waals surface area contributed by atoms with E-state index in [1.54, 1.807) is 0 Å². The number of carboxylic acid groups (broad SMARTS) is 1. The molecule has 2 atom stereocenters. The van der Waals surface area contributed by atoms with Gasteiger partial charge in [-0.15, -0.1) is 0 Å². The van der Waals surface area contributed by atoms with E-state index in [4.69, 9.17) is 14.6 Å². The van der Waals surface area contributed by atoms with E-state index in [0.717, 1.165) is 22.3 Å². The van der Waals surface area contributed by atoms with E-state index in [2.05, 4.69) is 10.2 Å². The number of hydrogen-bond acceptors (Lipinski definition) is 7. The number of hydroxylamine groups is 1. The second-order valence-corrected chi connectivity index (χ2v) is 7.22. The molecule has 3 N–H and O–H groups in total. The third-order valence-electron chi connectivity index (χ3n) is 5.07. The summed E-state index contributed by atoms with van der Waals surface area (Å²) in [6.45, 7) is 2.65. The van der Waals surface area contributed by atoms with Crippen molar-refractivity contribution >= 4 is 23.9 Å². The first-order valence-corrected chi connectivity index (χ1v) is 10.3. The Labute approximate surface area is 189 Å². The molecule has 1 aliphatic rings. The minimum absolute atomic E-state index is 0.0242. The predicted octanol–water partition coefficient (Wildman–Crippen LogP) is 1.98. The molecule has 2 aromatic carbocycles. The monoisotopic (exact) mass is 456 g/mol. The van der Waals surface area contributed by atoms with E-state index >= 15 is 0 Å².